The Balaban J connectivity index is 1.36. The van der Waals surface area contributed by atoms with Crippen molar-refractivity contribution in [1.29, 1.82) is 0 Å². The number of rotatable bonds is 5. The lowest BCUT2D eigenvalue weighted by Crippen LogP contribution is -2.43. The van der Waals surface area contributed by atoms with E-state index in [-0.39, 0.29) is 37.5 Å². The number of esters is 2. The van der Waals surface area contributed by atoms with Crippen LogP contribution in [-0.4, -0.2) is 37.0 Å². The quantitative estimate of drug-likeness (QED) is 0.482. The van der Waals surface area contributed by atoms with Crippen molar-refractivity contribution in [1.82, 2.24) is 10.6 Å². The first-order valence-electron chi connectivity index (χ1n) is 13.1. The molecule has 2 aliphatic heterocycles. The molecule has 2 heterocycles. The van der Waals surface area contributed by atoms with Gasteiger partial charge >= 0.3 is 11.9 Å². The average molecular weight is 544 g/mol. The Hall–Kier alpha value is -3.17. The minimum atomic E-state index is -1.59. The first-order valence-corrected chi connectivity index (χ1v) is 13.5. The molecule has 0 atom stereocenters. The SMILES string of the molecule is O=C1CCC(=O)OC2(CNCCc3c2ccc(Cl)c3NCc2ccc(C(=O)NC3CCCCC3)c(F)c2)O1. The lowest BCUT2D eigenvalue weighted by Gasteiger charge is -2.32. The maximum atomic E-state index is 14.9. The van der Waals surface area contributed by atoms with Gasteiger partial charge in [0.2, 0.25) is 0 Å². The largest absolute Gasteiger partial charge is 0.416 e. The number of amides is 1. The van der Waals surface area contributed by atoms with Gasteiger partial charge < -0.3 is 25.4 Å². The zero-order valence-electron chi connectivity index (χ0n) is 21.0. The fraction of sp³-hybridized carbons (Fsp3) is 0.464. The van der Waals surface area contributed by atoms with Crippen molar-refractivity contribution < 1.29 is 28.2 Å². The summed E-state index contributed by atoms with van der Waals surface area (Å²) in [5.41, 5.74) is 2.52. The predicted molar refractivity (Wildman–Crippen MR) is 139 cm³/mol. The number of ether oxygens (including phenoxy) is 2. The molecule has 202 valence electrons. The van der Waals surface area contributed by atoms with Crippen LogP contribution in [0.15, 0.2) is 30.3 Å². The molecular formula is C28H31ClFN3O5. The molecule has 0 radical (unpaired) electrons. The molecule has 1 spiro atoms. The lowest BCUT2D eigenvalue weighted by molar-refractivity contribution is -0.225. The Bertz CT molecular complexity index is 1230. The normalized spacial score (nSPS) is 19.5. The monoisotopic (exact) mass is 543 g/mol. The van der Waals surface area contributed by atoms with Crippen molar-refractivity contribution in [2.24, 2.45) is 0 Å². The third kappa shape index (κ3) is 5.63. The fourth-order valence-corrected chi connectivity index (χ4v) is 5.66. The van der Waals surface area contributed by atoms with E-state index in [4.69, 9.17) is 21.1 Å². The Morgan fingerprint density at radius 3 is 2.50 bits per heavy atom. The average Bonchev–Trinajstić information content (AvgIpc) is 3.16. The van der Waals surface area contributed by atoms with Crippen molar-refractivity contribution in [3.8, 4) is 0 Å². The summed E-state index contributed by atoms with van der Waals surface area (Å²) < 4.78 is 26.3. The molecule has 2 fully saturated rings. The van der Waals surface area contributed by atoms with Gasteiger partial charge in [0.25, 0.3) is 11.7 Å². The van der Waals surface area contributed by atoms with Crippen molar-refractivity contribution in [3.05, 3.63) is 63.4 Å². The summed E-state index contributed by atoms with van der Waals surface area (Å²) in [5.74, 6) is -3.60. The number of fused-ring (bicyclic) bond motifs is 2. The van der Waals surface area contributed by atoms with E-state index in [9.17, 15) is 18.8 Å². The van der Waals surface area contributed by atoms with Gasteiger partial charge in [-0.25, -0.2) is 4.39 Å². The van der Waals surface area contributed by atoms with E-state index in [1.54, 1.807) is 18.2 Å². The molecule has 3 aliphatic rings. The molecule has 10 heteroatoms. The summed E-state index contributed by atoms with van der Waals surface area (Å²) in [6.07, 6.45) is 5.61. The minimum Gasteiger partial charge on any atom is -0.416 e. The highest BCUT2D eigenvalue weighted by Crippen LogP contribution is 2.40. The number of nitrogens with one attached hydrogen (secondary N) is 3. The van der Waals surface area contributed by atoms with E-state index in [0.717, 1.165) is 31.2 Å². The van der Waals surface area contributed by atoms with Crippen LogP contribution in [0, 0.1) is 5.82 Å². The molecule has 1 saturated carbocycles. The van der Waals surface area contributed by atoms with E-state index in [0.29, 0.717) is 34.8 Å². The summed E-state index contributed by atoms with van der Waals surface area (Å²) in [5, 5.41) is 9.84. The first kappa shape index (κ1) is 26.4. The van der Waals surface area contributed by atoms with Crippen LogP contribution in [0.5, 0.6) is 0 Å². The van der Waals surface area contributed by atoms with Gasteiger partial charge in [-0.15, -0.1) is 0 Å². The maximum absolute atomic E-state index is 14.9. The van der Waals surface area contributed by atoms with Crippen LogP contribution in [0.4, 0.5) is 10.1 Å². The second-order valence-electron chi connectivity index (χ2n) is 10.1. The summed E-state index contributed by atoms with van der Waals surface area (Å²) in [7, 11) is 0. The van der Waals surface area contributed by atoms with Gasteiger partial charge in [0.1, 0.15) is 5.82 Å². The number of halogens is 2. The van der Waals surface area contributed by atoms with Crippen LogP contribution in [0.3, 0.4) is 0 Å². The third-order valence-electron chi connectivity index (χ3n) is 7.36. The summed E-state index contributed by atoms with van der Waals surface area (Å²) in [6.45, 7) is 0.893. The second-order valence-corrected chi connectivity index (χ2v) is 10.5. The molecule has 1 aliphatic carbocycles. The van der Waals surface area contributed by atoms with E-state index >= 15 is 0 Å². The van der Waals surface area contributed by atoms with Gasteiger partial charge in [-0.3, -0.25) is 14.4 Å². The van der Waals surface area contributed by atoms with Crippen LogP contribution >= 0.6 is 11.6 Å². The number of hydrogen-bond donors (Lipinski definition) is 3. The third-order valence-corrected chi connectivity index (χ3v) is 7.68. The van der Waals surface area contributed by atoms with E-state index in [1.165, 1.54) is 18.6 Å². The highest BCUT2D eigenvalue weighted by atomic mass is 35.5. The molecule has 1 amide bonds. The van der Waals surface area contributed by atoms with Gasteiger partial charge in [0, 0.05) is 18.2 Å². The van der Waals surface area contributed by atoms with E-state index < -0.39 is 29.5 Å². The minimum absolute atomic E-state index is 0.0240. The molecule has 8 nitrogen and oxygen atoms in total. The van der Waals surface area contributed by atoms with Crippen LogP contribution in [0.25, 0.3) is 0 Å². The molecule has 2 aromatic carbocycles. The number of hydrogen-bond acceptors (Lipinski definition) is 7. The van der Waals surface area contributed by atoms with Crippen molar-refractivity contribution in [2.45, 2.75) is 69.7 Å². The molecule has 0 bridgehead atoms. The number of carbonyl (C=O) groups excluding carboxylic acids is 3. The van der Waals surface area contributed by atoms with Crippen LogP contribution < -0.4 is 16.0 Å². The summed E-state index contributed by atoms with van der Waals surface area (Å²) in [6, 6.07) is 8.01. The molecule has 0 unspecified atom stereocenters. The smallest absolute Gasteiger partial charge is 0.309 e. The Labute approximate surface area is 225 Å². The Morgan fingerprint density at radius 2 is 1.79 bits per heavy atom. The zero-order valence-corrected chi connectivity index (χ0v) is 21.8. The van der Waals surface area contributed by atoms with Crippen LogP contribution in [-0.2, 0) is 37.8 Å². The molecular weight excluding hydrogens is 513 g/mol. The standard InChI is InChI=1S/C28H31ClFN3O5/c29-22-9-8-21-19(12-13-31-16-28(21)37-24(34)10-11-25(35)38-28)26(22)32-15-17-6-7-20(23(30)14-17)27(36)33-18-4-2-1-3-5-18/h6-9,14,18,31-32H,1-5,10-13,15-16H2,(H,33,36). The molecule has 0 aromatic heterocycles. The molecule has 1 saturated heterocycles. The van der Waals surface area contributed by atoms with Crippen molar-refractivity contribution in [2.75, 3.05) is 18.4 Å². The topological polar surface area (TPSA) is 106 Å². The second kappa shape index (κ2) is 11.3. The zero-order chi connectivity index (χ0) is 26.7. The van der Waals surface area contributed by atoms with Gasteiger partial charge in [0.15, 0.2) is 0 Å². The lowest BCUT2D eigenvalue weighted by atomic mass is 9.95. The molecule has 38 heavy (non-hydrogen) atoms. The number of carbonyl (C=O) groups is 3. The van der Waals surface area contributed by atoms with E-state index in [2.05, 4.69) is 16.0 Å². The number of anilines is 1. The van der Waals surface area contributed by atoms with Gasteiger partial charge in [-0.05, 0) is 61.2 Å². The number of benzene rings is 2. The van der Waals surface area contributed by atoms with Gasteiger partial charge in [-0.1, -0.05) is 36.9 Å². The van der Waals surface area contributed by atoms with E-state index in [1.807, 2.05) is 0 Å². The van der Waals surface area contributed by atoms with Crippen LogP contribution in [0.1, 0.15) is 72.0 Å². The molecule has 5 rings (SSSR count). The summed E-state index contributed by atoms with van der Waals surface area (Å²) >= 11 is 6.56. The maximum Gasteiger partial charge on any atom is 0.309 e. The van der Waals surface area contributed by atoms with Gasteiger partial charge in [0.05, 0.1) is 35.7 Å². The van der Waals surface area contributed by atoms with Crippen molar-refractivity contribution >= 4 is 35.1 Å². The summed E-state index contributed by atoms with van der Waals surface area (Å²) in [4.78, 5) is 37.3. The predicted octanol–water partition coefficient (Wildman–Crippen LogP) is 4.33. The molecule has 3 N–H and O–H groups in total. The molecule has 2 aromatic rings. The fourth-order valence-electron chi connectivity index (χ4n) is 5.42. The first-order chi connectivity index (χ1) is 18.3. The van der Waals surface area contributed by atoms with Crippen molar-refractivity contribution in [3.63, 3.8) is 0 Å². The highest BCUT2D eigenvalue weighted by molar-refractivity contribution is 6.33. The Morgan fingerprint density at radius 1 is 1.05 bits per heavy atom. The Kier molecular flexibility index (Phi) is 7.85. The van der Waals surface area contributed by atoms with Crippen LogP contribution in [0.2, 0.25) is 5.02 Å². The highest BCUT2D eigenvalue weighted by Gasteiger charge is 2.46. The van der Waals surface area contributed by atoms with Gasteiger partial charge in [-0.2, -0.15) is 0 Å².